The Kier molecular flexibility index (Phi) is 18.4. The molecule has 5 nitrogen and oxygen atoms in total. The molecule has 5 heteroatoms. The largest absolute Gasteiger partial charge is 0.381 e. The van der Waals surface area contributed by atoms with E-state index >= 15 is 0 Å². The van der Waals surface area contributed by atoms with Crippen LogP contribution in [0.1, 0.15) is 64.2 Å². The highest BCUT2D eigenvalue weighted by atomic mass is 16.5. The number of ether oxygens (including phenoxy) is 5. The van der Waals surface area contributed by atoms with Crippen LogP contribution in [0.25, 0.3) is 0 Å². The lowest BCUT2D eigenvalue weighted by Crippen LogP contribution is -2.03. The summed E-state index contributed by atoms with van der Waals surface area (Å²) >= 11 is 0. The van der Waals surface area contributed by atoms with E-state index in [1.807, 2.05) is 0 Å². The van der Waals surface area contributed by atoms with Crippen LogP contribution in [-0.4, -0.2) is 66.1 Å². The van der Waals surface area contributed by atoms with Crippen molar-refractivity contribution in [2.45, 2.75) is 64.2 Å². The van der Waals surface area contributed by atoms with Gasteiger partial charge in [-0.2, -0.15) is 0 Å². The highest BCUT2D eigenvalue weighted by Gasteiger charge is 1.96. The lowest BCUT2D eigenvalue weighted by molar-refractivity contribution is 0.0845. The van der Waals surface area contributed by atoms with Crippen molar-refractivity contribution in [2.75, 3.05) is 66.1 Å². The zero-order chi connectivity index (χ0) is 17.7. The predicted octanol–water partition coefficient (Wildman–Crippen LogP) is 3.98. The molecule has 0 aromatic heterocycles. The molecule has 1 saturated heterocycles. The van der Waals surface area contributed by atoms with Crippen LogP contribution in [0.2, 0.25) is 0 Å². The molecule has 25 heavy (non-hydrogen) atoms. The summed E-state index contributed by atoms with van der Waals surface area (Å²) in [5, 5.41) is 0. The van der Waals surface area contributed by atoms with Gasteiger partial charge >= 0.3 is 0 Å². The van der Waals surface area contributed by atoms with E-state index in [0.717, 1.165) is 130 Å². The lowest BCUT2D eigenvalue weighted by atomic mass is 10.3. The first kappa shape index (κ1) is 22.8. The van der Waals surface area contributed by atoms with Crippen molar-refractivity contribution in [3.05, 3.63) is 0 Å². The lowest BCUT2D eigenvalue weighted by Gasteiger charge is -2.06. The fraction of sp³-hybridized carbons (Fsp3) is 1.00. The molecule has 0 aromatic rings. The Labute approximate surface area is 154 Å². The molecular weight excluding hydrogens is 320 g/mol. The molecule has 0 N–H and O–H groups in total. The van der Waals surface area contributed by atoms with Crippen molar-refractivity contribution in [3.63, 3.8) is 0 Å². The van der Waals surface area contributed by atoms with Crippen LogP contribution >= 0.6 is 0 Å². The summed E-state index contributed by atoms with van der Waals surface area (Å²) < 4.78 is 28.2. The third-order valence-electron chi connectivity index (χ3n) is 4.14. The van der Waals surface area contributed by atoms with Crippen molar-refractivity contribution in [3.8, 4) is 0 Å². The minimum Gasteiger partial charge on any atom is -0.381 e. The van der Waals surface area contributed by atoms with Gasteiger partial charge in [-0.15, -0.1) is 0 Å². The highest BCUT2D eigenvalue weighted by molar-refractivity contribution is 4.45. The van der Waals surface area contributed by atoms with Gasteiger partial charge in [0.05, 0.1) is 0 Å². The molecule has 1 heterocycles. The second kappa shape index (κ2) is 20.1. The van der Waals surface area contributed by atoms with Gasteiger partial charge in [0.2, 0.25) is 0 Å². The highest BCUT2D eigenvalue weighted by Crippen LogP contribution is 2.00. The molecule has 0 bridgehead atoms. The summed E-state index contributed by atoms with van der Waals surface area (Å²) in [6.45, 7) is 8.45. The van der Waals surface area contributed by atoms with E-state index in [-0.39, 0.29) is 0 Å². The third-order valence-corrected chi connectivity index (χ3v) is 4.14. The molecule has 150 valence electrons. The summed E-state index contributed by atoms with van der Waals surface area (Å²) in [6.07, 6.45) is 10.9. The average molecular weight is 361 g/mol. The second-order valence-corrected chi connectivity index (χ2v) is 6.60. The van der Waals surface area contributed by atoms with Crippen molar-refractivity contribution in [1.82, 2.24) is 0 Å². The van der Waals surface area contributed by atoms with Crippen LogP contribution in [-0.2, 0) is 23.7 Å². The van der Waals surface area contributed by atoms with E-state index in [2.05, 4.69) is 0 Å². The Balaban J connectivity index is 2.00. The maximum atomic E-state index is 5.64. The van der Waals surface area contributed by atoms with E-state index in [4.69, 9.17) is 23.7 Å². The number of hydrogen-bond acceptors (Lipinski definition) is 5. The minimum absolute atomic E-state index is 0.845. The van der Waals surface area contributed by atoms with Gasteiger partial charge in [-0.1, -0.05) is 0 Å². The SMILES string of the molecule is C1CCOCCCCOCCCCOCCCCOCCCCOC1. The molecule has 0 spiro atoms. The van der Waals surface area contributed by atoms with Crippen LogP contribution in [0.5, 0.6) is 0 Å². The molecule has 1 fully saturated rings. The van der Waals surface area contributed by atoms with Gasteiger partial charge in [-0.3, -0.25) is 0 Å². The summed E-state index contributed by atoms with van der Waals surface area (Å²) in [5.74, 6) is 0. The van der Waals surface area contributed by atoms with Crippen LogP contribution in [0.3, 0.4) is 0 Å². The second-order valence-electron chi connectivity index (χ2n) is 6.60. The fourth-order valence-electron chi connectivity index (χ4n) is 2.55. The van der Waals surface area contributed by atoms with E-state index < -0.39 is 0 Å². The molecule has 0 aromatic carbocycles. The quantitative estimate of drug-likeness (QED) is 0.654. The van der Waals surface area contributed by atoms with Gasteiger partial charge in [0.15, 0.2) is 0 Å². The van der Waals surface area contributed by atoms with Gasteiger partial charge in [-0.05, 0) is 64.2 Å². The fourth-order valence-corrected chi connectivity index (χ4v) is 2.55. The van der Waals surface area contributed by atoms with Gasteiger partial charge < -0.3 is 23.7 Å². The molecule has 0 radical (unpaired) electrons. The van der Waals surface area contributed by atoms with Gasteiger partial charge in [0.25, 0.3) is 0 Å². The monoisotopic (exact) mass is 360 g/mol. The first-order chi connectivity index (χ1) is 12.5. The smallest absolute Gasteiger partial charge is 0.0466 e. The standard InChI is InChI=1S/C20H40O5/c1-2-12-22-14-5-6-16-24-18-9-10-20-25-19-8-7-17-23-15-4-3-13-21-11-1/h1-20H2. The maximum absolute atomic E-state index is 5.64. The Hall–Kier alpha value is -0.200. The van der Waals surface area contributed by atoms with Gasteiger partial charge in [-0.25, -0.2) is 0 Å². The van der Waals surface area contributed by atoms with Gasteiger partial charge in [0, 0.05) is 66.1 Å². The molecule has 0 saturated carbocycles. The van der Waals surface area contributed by atoms with Crippen LogP contribution in [0.4, 0.5) is 0 Å². The van der Waals surface area contributed by atoms with E-state index in [1.54, 1.807) is 0 Å². The molecule has 1 aliphatic heterocycles. The van der Waals surface area contributed by atoms with Crippen LogP contribution < -0.4 is 0 Å². The summed E-state index contributed by atoms with van der Waals surface area (Å²) in [7, 11) is 0. The predicted molar refractivity (Wildman–Crippen MR) is 100 cm³/mol. The molecule has 0 atom stereocenters. The van der Waals surface area contributed by atoms with Crippen molar-refractivity contribution in [1.29, 1.82) is 0 Å². The Morgan fingerprint density at radius 3 is 0.440 bits per heavy atom. The maximum Gasteiger partial charge on any atom is 0.0466 e. The Bertz CT molecular complexity index is 134. The molecule has 1 aliphatic rings. The molecular formula is C20H40O5. The van der Waals surface area contributed by atoms with Crippen molar-refractivity contribution < 1.29 is 23.7 Å². The van der Waals surface area contributed by atoms with E-state index in [0.29, 0.717) is 0 Å². The third kappa shape index (κ3) is 18.4. The first-order valence-corrected chi connectivity index (χ1v) is 10.4. The molecule has 0 unspecified atom stereocenters. The van der Waals surface area contributed by atoms with Crippen LogP contribution in [0.15, 0.2) is 0 Å². The minimum atomic E-state index is 0.845. The van der Waals surface area contributed by atoms with E-state index in [9.17, 15) is 0 Å². The molecule has 1 rings (SSSR count). The average Bonchev–Trinajstić information content (AvgIpc) is 2.62. The molecule has 0 amide bonds. The zero-order valence-electron chi connectivity index (χ0n) is 16.2. The molecule has 0 aliphatic carbocycles. The van der Waals surface area contributed by atoms with Crippen LogP contribution in [0, 0.1) is 0 Å². The first-order valence-electron chi connectivity index (χ1n) is 10.4. The summed E-state index contributed by atoms with van der Waals surface area (Å²) in [4.78, 5) is 0. The van der Waals surface area contributed by atoms with Crippen molar-refractivity contribution >= 4 is 0 Å². The zero-order valence-corrected chi connectivity index (χ0v) is 16.2. The normalized spacial score (nSPS) is 24.0. The number of hydrogen-bond donors (Lipinski definition) is 0. The topological polar surface area (TPSA) is 46.2 Å². The summed E-state index contributed by atoms with van der Waals surface area (Å²) in [6, 6.07) is 0. The van der Waals surface area contributed by atoms with Crippen molar-refractivity contribution in [2.24, 2.45) is 0 Å². The Morgan fingerprint density at radius 2 is 0.320 bits per heavy atom. The summed E-state index contributed by atoms with van der Waals surface area (Å²) in [5.41, 5.74) is 0. The van der Waals surface area contributed by atoms with E-state index in [1.165, 1.54) is 0 Å². The Morgan fingerprint density at radius 1 is 0.200 bits per heavy atom. The number of rotatable bonds is 0. The van der Waals surface area contributed by atoms with Gasteiger partial charge in [0.1, 0.15) is 0 Å².